The van der Waals surface area contributed by atoms with Crippen LogP contribution in [0.1, 0.15) is 11.3 Å². The van der Waals surface area contributed by atoms with Gasteiger partial charge in [-0.25, -0.2) is 4.98 Å². The quantitative estimate of drug-likeness (QED) is 0.827. The normalized spacial score (nSPS) is 9.83. The lowest BCUT2D eigenvalue weighted by Gasteiger charge is -2.10. The molecule has 0 aromatic carbocycles. The SMILES string of the molecule is Cc1cccnc1NC(=S)NCc1ccccn1. The van der Waals surface area contributed by atoms with Gasteiger partial charge in [0.05, 0.1) is 12.2 Å². The van der Waals surface area contributed by atoms with Gasteiger partial charge in [-0.1, -0.05) is 12.1 Å². The second-order valence-electron chi connectivity index (χ2n) is 3.80. The first-order valence-electron chi connectivity index (χ1n) is 5.62. The third-order valence-electron chi connectivity index (χ3n) is 2.40. The van der Waals surface area contributed by atoms with E-state index in [0.29, 0.717) is 11.7 Å². The number of pyridine rings is 2. The lowest BCUT2D eigenvalue weighted by molar-refractivity contribution is 0.881. The maximum atomic E-state index is 5.20. The Kier molecular flexibility index (Phi) is 4.20. The van der Waals surface area contributed by atoms with Crippen molar-refractivity contribution in [3.63, 3.8) is 0 Å². The van der Waals surface area contributed by atoms with E-state index in [-0.39, 0.29) is 0 Å². The summed E-state index contributed by atoms with van der Waals surface area (Å²) in [6.07, 6.45) is 3.49. The Labute approximate surface area is 111 Å². The van der Waals surface area contributed by atoms with Crippen LogP contribution in [0.4, 0.5) is 5.82 Å². The average molecular weight is 258 g/mol. The van der Waals surface area contributed by atoms with E-state index in [2.05, 4.69) is 20.6 Å². The first-order valence-corrected chi connectivity index (χ1v) is 6.03. The zero-order valence-corrected chi connectivity index (χ0v) is 10.9. The summed E-state index contributed by atoms with van der Waals surface area (Å²) in [6.45, 7) is 2.58. The molecular formula is C13H14N4S. The number of rotatable bonds is 3. The fourth-order valence-electron chi connectivity index (χ4n) is 1.44. The van der Waals surface area contributed by atoms with E-state index in [9.17, 15) is 0 Å². The van der Waals surface area contributed by atoms with Crippen LogP contribution in [0.25, 0.3) is 0 Å². The van der Waals surface area contributed by atoms with Crippen LogP contribution in [-0.2, 0) is 6.54 Å². The van der Waals surface area contributed by atoms with E-state index in [1.807, 2.05) is 37.3 Å². The Morgan fingerprint density at radius 3 is 2.72 bits per heavy atom. The molecule has 0 atom stereocenters. The summed E-state index contributed by atoms with van der Waals surface area (Å²) in [5.41, 5.74) is 2.00. The predicted octanol–water partition coefficient (Wildman–Crippen LogP) is 2.27. The Hall–Kier alpha value is -2.01. The average Bonchev–Trinajstić information content (AvgIpc) is 2.40. The van der Waals surface area contributed by atoms with E-state index in [1.54, 1.807) is 12.4 Å². The van der Waals surface area contributed by atoms with Gasteiger partial charge >= 0.3 is 0 Å². The van der Waals surface area contributed by atoms with Crippen molar-refractivity contribution in [2.24, 2.45) is 0 Å². The Bertz CT molecular complexity index is 528. The molecule has 18 heavy (non-hydrogen) atoms. The lowest BCUT2D eigenvalue weighted by atomic mass is 10.3. The summed E-state index contributed by atoms with van der Waals surface area (Å²) in [7, 11) is 0. The van der Waals surface area contributed by atoms with E-state index in [4.69, 9.17) is 12.2 Å². The van der Waals surface area contributed by atoms with E-state index in [1.165, 1.54) is 0 Å². The zero-order chi connectivity index (χ0) is 12.8. The number of nitrogens with zero attached hydrogens (tertiary/aromatic N) is 2. The largest absolute Gasteiger partial charge is 0.357 e. The van der Waals surface area contributed by atoms with Crippen LogP contribution in [0.3, 0.4) is 0 Å². The minimum Gasteiger partial charge on any atom is -0.357 e. The predicted molar refractivity (Wildman–Crippen MR) is 76.3 cm³/mol. The second kappa shape index (κ2) is 6.07. The minimum absolute atomic E-state index is 0.544. The van der Waals surface area contributed by atoms with Gasteiger partial charge in [0.15, 0.2) is 5.11 Å². The van der Waals surface area contributed by atoms with E-state index < -0.39 is 0 Å². The van der Waals surface area contributed by atoms with Gasteiger partial charge in [-0.05, 0) is 42.9 Å². The molecule has 2 N–H and O–H groups in total. The van der Waals surface area contributed by atoms with Gasteiger partial charge in [0.2, 0.25) is 0 Å². The highest BCUT2D eigenvalue weighted by Crippen LogP contribution is 2.08. The third kappa shape index (κ3) is 3.49. The summed E-state index contributed by atoms with van der Waals surface area (Å²) in [6, 6.07) is 9.66. The van der Waals surface area contributed by atoms with Crippen LogP contribution >= 0.6 is 12.2 Å². The summed E-state index contributed by atoms with van der Waals surface area (Å²) >= 11 is 5.20. The first-order chi connectivity index (χ1) is 8.75. The highest BCUT2D eigenvalue weighted by Gasteiger charge is 2.01. The highest BCUT2D eigenvalue weighted by molar-refractivity contribution is 7.80. The van der Waals surface area contributed by atoms with Gasteiger partial charge in [0.25, 0.3) is 0 Å². The number of nitrogens with one attached hydrogen (secondary N) is 2. The smallest absolute Gasteiger partial charge is 0.172 e. The Morgan fingerprint density at radius 2 is 2.00 bits per heavy atom. The molecule has 0 unspecified atom stereocenters. The third-order valence-corrected chi connectivity index (χ3v) is 2.64. The lowest BCUT2D eigenvalue weighted by Crippen LogP contribution is -2.28. The molecule has 92 valence electrons. The number of aryl methyl sites for hydroxylation is 1. The molecular weight excluding hydrogens is 244 g/mol. The van der Waals surface area contributed by atoms with Crippen molar-refractivity contribution < 1.29 is 0 Å². The van der Waals surface area contributed by atoms with Crippen molar-refractivity contribution in [3.05, 3.63) is 54.0 Å². The molecule has 0 aliphatic carbocycles. The van der Waals surface area contributed by atoms with Crippen LogP contribution in [0.5, 0.6) is 0 Å². The molecule has 0 aliphatic heterocycles. The first kappa shape index (κ1) is 12.4. The zero-order valence-electron chi connectivity index (χ0n) is 10.1. The summed E-state index contributed by atoms with van der Waals surface area (Å²) < 4.78 is 0. The maximum absolute atomic E-state index is 5.20. The molecule has 0 fully saturated rings. The molecule has 0 aliphatic rings. The summed E-state index contributed by atoms with van der Waals surface area (Å²) in [5, 5.41) is 6.70. The molecule has 2 rings (SSSR count). The monoisotopic (exact) mass is 258 g/mol. The standard InChI is InChI=1S/C13H14N4S/c1-10-5-4-8-15-12(10)17-13(18)16-9-11-6-2-3-7-14-11/h2-8H,9H2,1H3,(H2,15,16,17,18). The molecule has 0 saturated heterocycles. The molecule has 2 aromatic heterocycles. The van der Waals surface area contributed by atoms with Crippen molar-refractivity contribution in [1.82, 2.24) is 15.3 Å². The van der Waals surface area contributed by atoms with Gasteiger partial charge in [0, 0.05) is 12.4 Å². The van der Waals surface area contributed by atoms with Gasteiger partial charge in [-0.15, -0.1) is 0 Å². The van der Waals surface area contributed by atoms with Crippen molar-refractivity contribution in [2.75, 3.05) is 5.32 Å². The molecule has 2 aromatic rings. The number of hydrogen-bond donors (Lipinski definition) is 2. The van der Waals surface area contributed by atoms with Crippen LogP contribution in [0, 0.1) is 6.92 Å². The molecule has 0 spiro atoms. The summed E-state index contributed by atoms with van der Waals surface area (Å²) in [5.74, 6) is 0.774. The number of thiocarbonyl (C=S) groups is 1. The minimum atomic E-state index is 0.544. The van der Waals surface area contributed by atoms with Crippen LogP contribution in [0.15, 0.2) is 42.7 Å². The molecule has 0 radical (unpaired) electrons. The van der Waals surface area contributed by atoms with E-state index in [0.717, 1.165) is 17.1 Å². The Balaban J connectivity index is 1.88. The maximum Gasteiger partial charge on any atom is 0.172 e. The fraction of sp³-hybridized carbons (Fsp3) is 0.154. The van der Waals surface area contributed by atoms with Crippen LogP contribution < -0.4 is 10.6 Å². The van der Waals surface area contributed by atoms with E-state index >= 15 is 0 Å². The number of aromatic nitrogens is 2. The van der Waals surface area contributed by atoms with Crippen molar-refractivity contribution >= 4 is 23.1 Å². The van der Waals surface area contributed by atoms with Crippen molar-refractivity contribution in [3.8, 4) is 0 Å². The number of anilines is 1. The molecule has 0 amide bonds. The van der Waals surface area contributed by atoms with Gasteiger partial charge in [0.1, 0.15) is 5.82 Å². The molecule has 0 bridgehead atoms. The molecule has 2 heterocycles. The van der Waals surface area contributed by atoms with Crippen LogP contribution in [-0.4, -0.2) is 15.1 Å². The van der Waals surface area contributed by atoms with Gasteiger partial charge in [-0.3, -0.25) is 4.98 Å². The molecule has 5 heteroatoms. The fourth-order valence-corrected chi connectivity index (χ4v) is 1.61. The number of hydrogen-bond acceptors (Lipinski definition) is 3. The second-order valence-corrected chi connectivity index (χ2v) is 4.21. The van der Waals surface area contributed by atoms with Crippen molar-refractivity contribution in [1.29, 1.82) is 0 Å². The molecule has 0 saturated carbocycles. The van der Waals surface area contributed by atoms with Crippen molar-refractivity contribution in [2.45, 2.75) is 13.5 Å². The van der Waals surface area contributed by atoms with Gasteiger partial charge < -0.3 is 10.6 Å². The molecule has 4 nitrogen and oxygen atoms in total. The topological polar surface area (TPSA) is 49.8 Å². The van der Waals surface area contributed by atoms with Gasteiger partial charge in [-0.2, -0.15) is 0 Å². The Morgan fingerprint density at radius 1 is 1.17 bits per heavy atom. The summed E-state index contributed by atoms with van der Waals surface area (Å²) in [4.78, 5) is 8.43. The highest BCUT2D eigenvalue weighted by atomic mass is 32.1. The van der Waals surface area contributed by atoms with Crippen LogP contribution in [0.2, 0.25) is 0 Å².